The first-order chi connectivity index (χ1) is 18.3. The zero-order chi connectivity index (χ0) is 28.1. The number of hydrogen-bond donors (Lipinski definition) is 1. The zero-order valence-electron chi connectivity index (χ0n) is 22.5. The lowest BCUT2D eigenvalue weighted by atomic mass is 10.00. The van der Waals surface area contributed by atoms with Crippen molar-refractivity contribution < 1.29 is 33.7 Å². The summed E-state index contributed by atoms with van der Waals surface area (Å²) in [6.07, 6.45) is 6.52. The number of esters is 3. The van der Waals surface area contributed by atoms with Crippen LogP contribution in [0, 0.1) is 23.2 Å². The molecule has 1 aromatic rings. The number of fused-ring (bicyclic) bond motifs is 1. The van der Waals surface area contributed by atoms with Crippen LogP contribution in [0.1, 0.15) is 79.1 Å². The number of unbranched alkanes of at least 4 members (excludes halogenated alkanes) is 2. The minimum Gasteiger partial charge on any atom is -0.459 e. The number of hydrogen-bond acceptors (Lipinski definition) is 10. The molecule has 0 aliphatic carbocycles. The largest absolute Gasteiger partial charge is 0.459 e. The van der Waals surface area contributed by atoms with E-state index in [9.17, 15) is 19.6 Å². The van der Waals surface area contributed by atoms with Crippen molar-refractivity contribution in [1.82, 2.24) is 0 Å². The molecule has 0 saturated heterocycles. The van der Waals surface area contributed by atoms with E-state index in [-0.39, 0.29) is 54.1 Å². The van der Waals surface area contributed by atoms with Crippen LogP contribution in [0.4, 0.5) is 0 Å². The molecule has 0 fully saturated rings. The van der Waals surface area contributed by atoms with Crippen molar-refractivity contribution in [1.29, 1.82) is 5.26 Å². The van der Waals surface area contributed by atoms with Gasteiger partial charge in [-0.25, -0.2) is 4.79 Å². The van der Waals surface area contributed by atoms with Crippen molar-refractivity contribution in [2.75, 3.05) is 13.2 Å². The maximum absolute atomic E-state index is 13.0. The number of ether oxygens (including phenoxy) is 3. The first kappa shape index (κ1) is 31.7. The number of nitriles is 1. The molecule has 2 rings (SSSR count). The first-order valence-electron chi connectivity index (χ1n) is 13.2. The molecular formula is C28H37NO7S2. The van der Waals surface area contributed by atoms with Gasteiger partial charge < -0.3 is 19.3 Å². The van der Waals surface area contributed by atoms with Crippen LogP contribution < -0.4 is 9.47 Å². The SMILES string of the molecule is CCCCC(CC)C(=O)Oc1ccc(OC(=O)C(CC)CCCC)c2c1SC(=C(C#N)C(=O)OCCO)S2. The highest BCUT2D eigenvalue weighted by molar-refractivity contribution is 8.24. The molecule has 2 unspecified atom stereocenters. The second-order valence-corrected chi connectivity index (χ2v) is 11.2. The number of carbonyl (C=O) groups excluding carboxylic acids is 3. The highest BCUT2D eigenvalue weighted by atomic mass is 32.2. The molecule has 2 atom stereocenters. The van der Waals surface area contributed by atoms with Crippen LogP contribution in [0.15, 0.2) is 31.7 Å². The Balaban J connectivity index is 2.45. The highest BCUT2D eigenvalue weighted by Crippen LogP contribution is 2.59. The van der Waals surface area contributed by atoms with E-state index in [1.165, 1.54) is 0 Å². The van der Waals surface area contributed by atoms with Crippen molar-refractivity contribution in [3.8, 4) is 17.6 Å². The van der Waals surface area contributed by atoms with Crippen LogP contribution in [-0.2, 0) is 19.1 Å². The number of benzene rings is 1. The fourth-order valence-corrected chi connectivity index (χ4v) is 6.39. The molecule has 0 radical (unpaired) electrons. The maximum Gasteiger partial charge on any atom is 0.350 e. The molecule has 0 spiro atoms. The second kappa shape index (κ2) is 16.5. The third kappa shape index (κ3) is 8.52. The molecule has 0 aromatic heterocycles. The molecule has 10 heteroatoms. The van der Waals surface area contributed by atoms with E-state index < -0.39 is 5.97 Å². The smallest absolute Gasteiger partial charge is 0.350 e. The predicted octanol–water partition coefficient (Wildman–Crippen LogP) is 6.40. The molecule has 1 heterocycles. The number of thioether (sulfide) groups is 2. The topological polar surface area (TPSA) is 123 Å². The normalized spacial score (nSPS) is 13.7. The summed E-state index contributed by atoms with van der Waals surface area (Å²) in [5, 5.41) is 18.6. The monoisotopic (exact) mass is 563 g/mol. The van der Waals surface area contributed by atoms with Crippen molar-refractivity contribution >= 4 is 41.4 Å². The van der Waals surface area contributed by atoms with Gasteiger partial charge in [0.1, 0.15) is 24.2 Å². The fourth-order valence-electron chi connectivity index (χ4n) is 3.84. The summed E-state index contributed by atoms with van der Waals surface area (Å²) in [6, 6.07) is 5.05. The van der Waals surface area contributed by atoms with E-state index in [2.05, 4.69) is 13.8 Å². The van der Waals surface area contributed by atoms with Crippen LogP contribution >= 0.6 is 23.5 Å². The summed E-state index contributed by atoms with van der Waals surface area (Å²) in [4.78, 5) is 39.3. The Morgan fingerprint density at radius 1 is 0.895 bits per heavy atom. The van der Waals surface area contributed by atoms with E-state index in [4.69, 9.17) is 19.3 Å². The molecule has 1 aliphatic heterocycles. The van der Waals surface area contributed by atoms with Gasteiger partial charge in [-0.1, -0.05) is 76.9 Å². The van der Waals surface area contributed by atoms with E-state index in [0.717, 1.165) is 62.0 Å². The molecule has 8 nitrogen and oxygen atoms in total. The minimum absolute atomic E-state index is 0.233. The summed E-state index contributed by atoms with van der Waals surface area (Å²) < 4.78 is 16.9. The highest BCUT2D eigenvalue weighted by Gasteiger charge is 2.33. The van der Waals surface area contributed by atoms with E-state index in [1.807, 2.05) is 19.9 Å². The number of aliphatic hydroxyl groups is 1. The predicted molar refractivity (Wildman–Crippen MR) is 147 cm³/mol. The Morgan fingerprint density at radius 3 is 1.74 bits per heavy atom. The molecule has 1 N–H and O–H groups in total. The van der Waals surface area contributed by atoms with Crippen LogP contribution in [0.5, 0.6) is 11.5 Å². The third-order valence-electron chi connectivity index (χ3n) is 6.16. The van der Waals surface area contributed by atoms with Crippen LogP contribution in [0.25, 0.3) is 0 Å². The van der Waals surface area contributed by atoms with E-state index in [0.29, 0.717) is 26.9 Å². The zero-order valence-corrected chi connectivity index (χ0v) is 24.2. The van der Waals surface area contributed by atoms with Gasteiger partial charge >= 0.3 is 17.9 Å². The number of rotatable bonds is 15. The standard InChI is InChI=1S/C28H37NO7S2/c1-5-9-11-18(7-3)25(31)35-21-13-14-22(36-26(32)19(8-4)12-10-6-2)24-23(21)37-28(38-24)20(17-29)27(33)34-16-15-30/h13-14,18-19,30H,5-12,15-16H2,1-4H3. The molecule has 1 aromatic carbocycles. The van der Waals surface area contributed by atoms with Crippen LogP contribution in [0.2, 0.25) is 0 Å². The summed E-state index contributed by atoms with van der Waals surface area (Å²) >= 11 is 2.19. The quantitative estimate of drug-likeness (QED) is 0.111. The summed E-state index contributed by atoms with van der Waals surface area (Å²) in [7, 11) is 0. The van der Waals surface area contributed by atoms with Crippen LogP contribution in [0.3, 0.4) is 0 Å². The van der Waals surface area contributed by atoms with Crippen molar-refractivity contribution in [3.05, 3.63) is 21.9 Å². The van der Waals surface area contributed by atoms with Crippen LogP contribution in [-0.4, -0.2) is 36.2 Å². The molecule has 0 bridgehead atoms. The number of nitrogens with zero attached hydrogens (tertiary/aromatic N) is 1. The van der Waals surface area contributed by atoms with Gasteiger partial charge in [-0.15, -0.1) is 0 Å². The number of aliphatic hydroxyl groups excluding tert-OH is 1. The summed E-state index contributed by atoms with van der Waals surface area (Å²) in [5.74, 6) is -1.47. The average Bonchev–Trinajstić information content (AvgIpc) is 3.35. The Labute approximate surface area is 233 Å². The van der Waals surface area contributed by atoms with Gasteiger partial charge in [-0.2, -0.15) is 5.26 Å². The Bertz CT molecular complexity index is 1000. The lowest BCUT2D eigenvalue weighted by Crippen LogP contribution is -2.21. The van der Waals surface area contributed by atoms with E-state index >= 15 is 0 Å². The van der Waals surface area contributed by atoms with Gasteiger partial charge in [0.15, 0.2) is 5.57 Å². The first-order valence-corrected chi connectivity index (χ1v) is 14.9. The lowest BCUT2D eigenvalue weighted by molar-refractivity contribution is -0.140. The van der Waals surface area contributed by atoms with Crippen molar-refractivity contribution in [3.63, 3.8) is 0 Å². The molecule has 1 aliphatic rings. The number of carbonyl (C=O) groups is 3. The molecule has 38 heavy (non-hydrogen) atoms. The minimum atomic E-state index is -0.863. The fraction of sp³-hybridized carbons (Fsp3) is 0.571. The molecule has 208 valence electrons. The third-order valence-corrected chi connectivity index (χ3v) is 8.79. The van der Waals surface area contributed by atoms with E-state index in [1.54, 1.807) is 12.1 Å². The molecule has 0 saturated carbocycles. The lowest BCUT2D eigenvalue weighted by Gasteiger charge is -2.17. The molecule has 0 amide bonds. The maximum atomic E-state index is 13.0. The Kier molecular flexibility index (Phi) is 13.8. The second-order valence-electron chi connectivity index (χ2n) is 8.89. The molecular weight excluding hydrogens is 526 g/mol. The van der Waals surface area contributed by atoms with Gasteiger partial charge in [0.2, 0.25) is 0 Å². The Morgan fingerprint density at radius 2 is 1.37 bits per heavy atom. The van der Waals surface area contributed by atoms with Crippen molar-refractivity contribution in [2.45, 2.75) is 88.9 Å². The van der Waals surface area contributed by atoms with Crippen molar-refractivity contribution in [2.24, 2.45) is 11.8 Å². The summed E-state index contributed by atoms with van der Waals surface area (Å²) in [6.45, 7) is 7.41. The van der Waals surface area contributed by atoms with Gasteiger partial charge in [0, 0.05) is 0 Å². The van der Waals surface area contributed by atoms with Gasteiger partial charge in [0.05, 0.1) is 32.5 Å². The Hall–Kier alpha value is -2.48. The van der Waals surface area contributed by atoms with Gasteiger partial charge in [-0.3, -0.25) is 9.59 Å². The average molecular weight is 564 g/mol. The summed E-state index contributed by atoms with van der Waals surface area (Å²) in [5.41, 5.74) is -0.233. The van der Waals surface area contributed by atoms with Gasteiger partial charge in [-0.05, 0) is 37.8 Å². The van der Waals surface area contributed by atoms with Gasteiger partial charge in [0.25, 0.3) is 0 Å².